The monoisotopic (exact) mass is 259 g/mol. The van der Waals surface area contributed by atoms with Gasteiger partial charge in [0.05, 0.1) is 5.16 Å². The van der Waals surface area contributed by atoms with E-state index in [0.717, 1.165) is 5.56 Å². The molecule has 0 N–H and O–H groups in total. The molecule has 1 aromatic carbocycles. The van der Waals surface area contributed by atoms with Gasteiger partial charge in [0, 0.05) is 4.83 Å². The summed E-state index contributed by atoms with van der Waals surface area (Å²) in [5, 5.41) is 2.13. The van der Waals surface area contributed by atoms with Gasteiger partial charge in [-0.2, -0.15) is 4.99 Å². The molecule has 0 heterocycles. The average Bonchev–Trinajstić information content (AvgIpc) is 2.08. The van der Waals surface area contributed by atoms with E-state index in [9.17, 15) is 4.39 Å². The minimum Gasteiger partial charge on any atom is -0.205 e. The van der Waals surface area contributed by atoms with E-state index in [2.05, 4.69) is 38.3 Å². The Balaban J connectivity index is 3.12. The number of benzene rings is 1. The lowest BCUT2D eigenvalue weighted by Gasteiger charge is -2.03. The van der Waals surface area contributed by atoms with Crippen LogP contribution < -0.4 is 0 Å². The Kier molecular flexibility index (Phi) is 3.72. The Morgan fingerprint density at radius 2 is 2.31 bits per heavy atom. The minimum absolute atomic E-state index is 0.132. The van der Waals surface area contributed by atoms with Crippen molar-refractivity contribution < 1.29 is 4.39 Å². The lowest BCUT2D eigenvalue weighted by molar-refractivity contribution is 0.628. The summed E-state index contributed by atoms with van der Waals surface area (Å²) in [6, 6.07) is 4.82. The van der Waals surface area contributed by atoms with Crippen molar-refractivity contribution in [2.75, 3.05) is 0 Å². The summed E-state index contributed by atoms with van der Waals surface area (Å²) in [4.78, 5) is 3.71. The van der Waals surface area contributed by atoms with Gasteiger partial charge in [0.2, 0.25) is 0 Å². The van der Waals surface area contributed by atoms with Gasteiger partial charge in [0.1, 0.15) is 11.5 Å². The molecule has 0 aliphatic carbocycles. The van der Waals surface area contributed by atoms with Gasteiger partial charge in [-0.15, -0.1) is 0 Å². The smallest absolute Gasteiger partial charge is 0.149 e. The molecule has 1 rings (SSSR count). The zero-order chi connectivity index (χ0) is 9.84. The van der Waals surface area contributed by atoms with Crippen molar-refractivity contribution in [2.45, 2.75) is 11.8 Å². The molecule has 13 heavy (non-hydrogen) atoms. The number of rotatable bonds is 2. The molecule has 68 valence electrons. The van der Waals surface area contributed by atoms with E-state index >= 15 is 0 Å². The van der Waals surface area contributed by atoms with E-state index in [1.54, 1.807) is 12.1 Å². The highest BCUT2D eigenvalue weighted by molar-refractivity contribution is 9.09. The van der Waals surface area contributed by atoms with E-state index in [0.29, 0.717) is 0 Å². The molecule has 0 spiro atoms. The molecule has 1 nitrogen and oxygen atoms in total. The van der Waals surface area contributed by atoms with Gasteiger partial charge in [0.15, 0.2) is 0 Å². The van der Waals surface area contributed by atoms with Crippen LogP contribution in [-0.2, 0) is 0 Å². The maximum absolute atomic E-state index is 13.2. The van der Waals surface area contributed by atoms with E-state index in [-0.39, 0.29) is 16.3 Å². The fourth-order valence-corrected chi connectivity index (χ4v) is 1.29. The number of thiocarbonyl (C=S) groups is 1. The molecule has 0 aromatic heterocycles. The van der Waals surface area contributed by atoms with Gasteiger partial charge in [-0.25, -0.2) is 4.39 Å². The number of alkyl halides is 1. The van der Waals surface area contributed by atoms with Crippen molar-refractivity contribution >= 4 is 39.0 Å². The summed E-state index contributed by atoms with van der Waals surface area (Å²) < 4.78 is 13.2. The minimum atomic E-state index is -0.374. The summed E-state index contributed by atoms with van der Waals surface area (Å²) in [7, 11) is 0. The fourth-order valence-electron chi connectivity index (χ4n) is 0.910. The molecule has 0 radical (unpaired) electrons. The van der Waals surface area contributed by atoms with Crippen molar-refractivity contribution in [3.05, 3.63) is 29.6 Å². The molecule has 4 heteroatoms. The van der Waals surface area contributed by atoms with Gasteiger partial charge in [0.25, 0.3) is 0 Å². The van der Waals surface area contributed by atoms with Crippen LogP contribution in [-0.4, -0.2) is 5.16 Å². The summed E-state index contributed by atoms with van der Waals surface area (Å²) >= 11 is 7.73. The molecule has 1 aromatic rings. The topological polar surface area (TPSA) is 12.4 Å². The second-order valence-corrected chi connectivity index (χ2v) is 4.09. The first-order chi connectivity index (χ1) is 6.15. The number of aliphatic imine (C=N–C) groups is 1. The molecular formula is C9H7BrFNS. The van der Waals surface area contributed by atoms with Crippen LogP contribution in [0, 0.1) is 5.82 Å². The Labute approximate surface area is 89.8 Å². The maximum Gasteiger partial charge on any atom is 0.149 e. The second-order valence-electron chi connectivity index (χ2n) is 2.53. The van der Waals surface area contributed by atoms with Crippen LogP contribution in [0.5, 0.6) is 0 Å². The third kappa shape index (κ3) is 2.69. The highest BCUT2D eigenvalue weighted by Gasteiger charge is 2.05. The van der Waals surface area contributed by atoms with Gasteiger partial charge in [-0.1, -0.05) is 22.0 Å². The Hall–Kier alpha value is -0.570. The molecule has 0 aliphatic rings. The number of hydrogen-bond donors (Lipinski definition) is 0. The normalized spacial score (nSPS) is 11.9. The molecule has 1 unspecified atom stereocenters. The van der Waals surface area contributed by atoms with Crippen molar-refractivity contribution in [1.82, 2.24) is 0 Å². The fraction of sp³-hybridized carbons (Fsp3) is 0.222. The van der Waals surface area contributed by atoms with Crippen LogP contribution in [0.3, 0.4) is 0 Å². The van der Waals surface area contributed by atoms with Gasteiger partial charge >= 0.3 is 0 Å². The summed E-state index contributed by atoms with van der Waals surface area (Å²) in [6.45, 7) is 1.93. The predicted molar refractivity (Wildman–Crippen MR) is 58.4 cm³/mol. The standard InChI is InChI=1S/C9H7BrFNS/c1-6(10)7-2-3-9(12-5-13)8(11)4-7/h2-4,6H,1H3. The largest absolute Gasteiger partial charge is 0.205 e. The average molecular weight is 260 g/mol. The third-order valence-corrected chi connectivity index (χ3v) is 2.22. The van der Waals surface area contributed by atoms with Crippen molar-refractivity contribution in [3.63, 3.8) is 0 Å². The van der Waals surface area contributed by atoms with Crippen LogP contribution in [0.25, 0.3) is 0 Å². The molecular weight excluding hydrogens is 253 g/mol. The van der Waals surface area contributed by atoms with Crippen LogP contribution in [0.4, 0.5) is 10.1 Å². The van der Waals surface area contributed by atoms with Gasteiger partial charge in [-0.3, -0.25) is 0 Å². The number of halogens is 2. The lowest BCUT2D eigenvalue weighted by atomic mass is 10.1. The molecule has 1 atom stereocenters. The molecule has 0 bridgehead atoms. The zero-order valence-corrected chi connectivity index (χ0v) is 9.32. The number of hydrogen-bond acceptors (Lipinski definition) is 2. The van der Waals surface area contributed by atoms with Crippen molar-refractivity contribution in [2.24, 2.45) is 4.99 Å². The van der Waals surface area contributed by atoms with E-state index < -0.39 is 0 Å². The van der Waals surface area contributed by atoms with Crippen LogP contribution in [0.1, 0.15) is 17.3 Å². The molecule has 0 aliphatic heterocycles. The van der Waals surface area contributed by atoms with Crippen molar-refractivity contribution in [1.29, 1.82) is 0 Å². The van der Waals surface area contributed by atoms with Crippen molar-refractivity contribution in [3.8, 4) is 0 Å². The molecule has 0 saturated carbocycles. The van der Waals surface area contributed by atoms with E-state index in [4.69, 9.17) is 0 Å². The Bertz CT molecular complexity index is 359. The molecule has 0 amide bonds. The zero-order valence-electron chi connectivity index (χ0n) is 6.92. The predicted octanol–water partition coefficient (Wildman–Crippen LogP) is 4.02. The van der Waals surface area contributed by atoms with Crippen LogP contribution in [0.15, 0.2) is 23.2 Å². The van der Waals surface area contributed by atoms with Crippen LogP contribution in [0.2, 0.25) is 0 Å². The quantitative estimate of drug-likeness (QED) is 0.444. The van der Waals surface area contributed by atoms with Gasteiger partial charge in [-0.05, 0) is 36.8 Å². The SMILES string of the molecule is CC(Br)c1ccc(N=C=S)c(F)c1. The first kappa shape index (κ1) is 10.5. The van der Waals surface area contributed by atoms with E-state index in [1.165, 1.54) is 6.07 Å². The molecule has 0 saturated heterocycles. The lowest BCUT2D eigenvalue weighted by Crippen LogP contribution is -1.85. The highest BCUT2D eigenvalue weighted by atomic mass is 79.9. The van der Waals surface area contributed by atoms with Crippen LogP contribution >= 0.6 is 28.1 Å². The first-order valence-corrected chi connectivity index (χ1v) is 4.99. The summed E-state index contributed by atoms with van der Waals surface area (Å²) in [5.74, 6) is -0.374. The molecule has 0 fully saturated rings. The maximum atomic E-state index is 13.2. The summed E-state index contributed by atoms with van der Waals surface area (Å²) in [5.41, 5.74) is 1.10. The van der Waals surface area contributed by atoms with E-state index in [1.807, 2.05) is 6.92 Å². The first-order valence-electron chi connectivity index (χ1n) is 3.66. The highest BCUT2D eigenvalue weighted by Crippen LogP contribution is 2.26. The Morgan fingerprint density at radius 3 is 2.77 bits per heavy atom. The third-order valence-electron chi connectivity index (χ3n) is 1.60. The van der Waals surface area contributed by atoms with Gasteiger partial charge < -0.3 is 0 Å². The summed E-state index contributed by atoms with van der Waals surface area (Å²) in [6.07, 6.45) is 0. The Morgan fingerprint density at radius 1 is 1.62 bits per heavy atom. The number of nitrogens with zero attached hydrogens (tertiary/aromatic N) is 1. The second kappa shape index (κ2) is 4.61. The number of isothiocyanates is 1.